The Bertz CT molecular complexity index is 943. The largest absolute Gasteiger partial charge is 0.416 e. The lowest BCUT2D eigenvalue weighted by atomic mass is 9.92. The molecule has 0 fully saturated rings. The van der Waals surface area contributed by atoms with Crippen LogP contribution in [0.25, 0.3) is 0 Å². The van der Waals surface area contributed by atoms with E-state index in [-0.39, 0.29) is 10.9 Å². The molecule has 0 aliphatic carbocycles. The van der Waals surface area contributed by atoms with E-state index in [1.807, 2.05) is 20.8 Å². The Kier molecular flexibility index (Phi) is 5.49. The van der Waals surface area contributed by atoms with E-state index in [9.17, 15) is 22.4 Å². The van der Waals surface area contributed by atoms with Crippen molar-refractivity contribution in [1.29, 1.82) is 0 Å². The molecule has 1 amide bonds. The number of amides is 1. The molecule has 0 atom stereocenters. The standard InChI is InChI=1S/C19H21F4N3O/c1-6-9-26-16(11-15(25(26)5)18(2,3)4)24-17(27)13-10-12(19(21,22)23)7-8-14(13)20/h6-8,10-11H,1,9H2,2-5H3/b24-16+. The molecule has 2 rings (SSSR count). The third-order valence-electron chi connectivity index (χ3n) is 4.05. The average Bonchev–Trinajstić information content (AvgIpc) is 2.84. The molecule has 0 aliphatic rings. The summed E-state index contributed by atoms with van der Waals surface area (Å²) in [7, 11) is 1.78. The van der Waals surface area contributed by atoms with Crippen molar-refractivity contribution < 1.29 is 22.4 Å². The first-order chi connectivity index (χ1) is 12.4. The zero-order chi connectivity index (χ0) is 20.6. The molecule has 1 heterocycles. The molecule has 27 heavy (non-hydrogen) atoms. The SMILES string of the molecule is C=CCn1/c(=N/C(=O)c2cc(C(F)(F)F)ccc2F)cc(C(C)(C)C)n1C. The van der Waals surface area contributed by atoms with Gasteiger partial charge in [-0.25, -0.2) is 4.39 Å². The molecule has 0 saturated heterocycles. The predicted octanol–water partition coefficient (Wildman–Crippen LogP) is 4.21. The minimum absolute atomic E-state index is 0.212. The van der Waals surface area contributed by atoms with Crippen molar-refractivity contribution in [2.75, 3.05) is 0 Å². The molecule has 0 bridgehead atoms. The van der Waals surface area contributed by atoms with E-state index in [0.29, 0.717) is 24.7 Å². The summed E-state index contributed by atoms with van der Waals surface area (Å²) in [5.41, 5.74) is -1.04. The molecule has 1 aromatic carbocycles. The molecule has 1 aromatic heterocycles. The highest BCUT2D eigenvalue weighted by atomic mass is 19.4. The number of aromatic nitrogens is 2. The van der Waals surface area contributed by atoms with Crippen molar-refractivity contribution in [2.45, 2.75) is 38.9 Å². The Morgan fingerprint density at radius 2 is 1.85 bits per heavy atom. The summed E-state index contributed by atoms with van der Waals surface area (Å²) in [6.07, 6.45) is -3.08. The molecule has 2 aromatic rings. The second-order valence-electron chi connectivity index (χ2n) is 7.14. The second kappa shape index (κ2) is 7.17. The number of allylic oxidation sites excluding steroid dienone is 1. The van der Waals surface area contributed by atoms with E-state index >= 15 is 0 Å². The highest BCUT2D eigenvalue weighted by Gasteiger charge is 2.32. The maximum Gasteiger partial charge on any atom is 0.416 e. The Morgan fingerprint density at radius 3 is 2.37 bits per heavy atom. The van der Waals surface area contributed by atoms with E-state index in [4.69, 9.17) is 0 Å². The van der Waals surface area contributed by atoms with Crippen LogP contribution in [0.4, 0.5) is 17.6 Å². The number of rotatable bonds is 3. The van der Waals surface area contributed by atoms with Crippen molar-refractivity contribution in [2.24, 2.45) is 12.0 Å². The summed E-state index contributed by atoms with van der Waals surface area (Å²) >= 11 is 0. The fourth-order valence-electron chi connectivity index (χ4n) is 2.73. The van der Waals surface area contributed by atoms with Gasteiger partial charge in [0.1, 0.15) is 5.82 Å². The Labute approximate surface area is 154 Å². The van der Waals surface area contributed by atoms with Gasteiger partial charge in [-0.3, -0.25) is 14.2 Å². The van der Waals surface area contributed by atoms with Gasteiger partial charge in [0.05, 0.1) is 17.7 Å². The molecule has 0 unspecified atom stereocenters. The fourth-order valence-corrected chi connectivity index (χ4v) is 2.73. The number of nitrogens with zero attached hydrogens (tertiary/aromatic N) is 3. The average molecular weight is 383 g/mol. The number of hydrogen-bond acceptors (Lipinski definition) is 1. The maximum atomic E-state index is 14.0. The van der Waals surface area contributed by atoms with Gasteiger partial charge in [-0.1, -0.05) is 26.8 Å². The van der Waals surface area contributed by atoms with Crippen molar-refractivity contribution >= 4 is 5.91 Å². The van der Waals surface area contributed by atoms with Crippen LogP contribution in [0.5, 0.6) is 0 Å². The Balaban J connectivity index is 2.63. The van der Waals surface area contributed by atoms with Gasteiger partial charge in [-0.15, -0.1) is 6.58 Å². The lowest BCUT2D eigenvalue weighted by Gasteiger charge is -2.20. The Hall–Kier alpha value is -2.64. The summed E-state index contributed by atoms with van der Waals surface area (Å²) in [6.45, 7) is 9.89. The van der Waals surface area contributed by atoms with E-state index in [0.717, 1.165) is 5.69 Å². The highest BCUT2D eigenvalue weighted by Crippen LogP contribution is 2.30. The zero-order valence-corrected chi connectivity index (χ0v) is 15.6. The Morgan fingerprint density at radius 1 is 1.22 bits per heavy atom. The number of benzene rings is 1. The smallest absolute Gasteiger partial charge is 0.290 e. The first kappa shape index (κ1) is 20.7. The molecular weight excluding hydrogens is 362 g/mol. The molecule has 0 spiro atoms. The van der Waals surface area contributed by atoms with E-state index in [1.165, 1.54) is 0 Å². The summed E-state index contributed by atoms with van der Waals surface area (Å²) in [4.78, 5) is 16.3. The molecule has 0 aliphatic heterocycles. The number of carbonyl (C=O) groups is 1. The summed E-state index contributed by atoms with van der Waals surface area (Å²) < 4.78 is 56.0. The highest BCUT2D eigenvalue weighted by molar-refractivity contribution is 5.95. The van der Waals surface area contributed by atoms with Crippen LogP contribution in [0.3, 0.4) is 0 Å². The van der Waals surface area contributed by atoms with Crippen molar-refractivity contribution in [1.82, 2.24) is 9.36 Å². The number of hydrogen-bond donors (Lipinski definition) is 0. The van der Waals surface area contributed by atoms with Gasteiger partial charge in [0.25, 0.3) is 5.91 Å². The molecule has 0 radical (unpaired) electrons. The number of carbonyl (C=O) groups excluding carboxylic acids is 1. The zero-order valence-electron chi connectivity index (χ0n) is 15.6. The van der Waals surface area contributed by atoms with Gasteiger partial charge in [-0.05, 0) is 18.2 Å². The third kappa shape index (κ3) is 4.37. The molecule has 4 nitrogen and oxygen atoms in total. The summed E-state index contributed by atoms with van der Waals surface area (Å²) in [6, 6.07) is 3.35. The van der Waals surface area contributed by atoms with Crippen LogP contribution in [0.2, 0.25) is 0 Å². The molecule has 146 valence electrons. The van der Waals surface area contributed by atoms with Gasteiger partial charge < -0.3 is 0 Å². The fraction of sp³-hybridized carbons (Fsp3) is 0.368. The lowest BCUT2D eigenvalue weighted by molar-refractivity contribution is -0.137. The predicted molar refractivity (Wildman–Crippen MR) is 93.6 cm³/mol. The van der Waals surface area contributed by atoms with Crippen LogP contribution in [0, 0.1) is 5.82 Å². The van der Waals surface area contributed by atoms with Crippen LogP contribution >= 0.6 is 0 Å². The van der Waals surface area contributed by atoms with Crippen molar-refractivity contribution in [3.05, 3.63) is 65.0 Å². The van der Waals surface area contributed by atoms with Gasteiger partial charge in [0, 0.05) is 24.2 Å². The van der Waals surface area contributed by atoms with Crippen LogP contribution in [0.1, 0.15) is 42.4 Å². The van der Waals surface area contributed by atoms with Crippen LogP contribution in [-0.4, -0.2) is 15.3 Å². The van der Waals surface area contributed by atoms with Gasteiger partial charge in [0.15, 0.2) is 5.49 Å². The molecule has 0 saturated carbocycles. The summed E-state index contributed by atoms with van der Waals surface area (Å²) in [5, 5.41) is 0. The monoisotopic (exact) mass is 383 g/mol. The number of halogens is 4. The van der Waals surface area contributed by atoms with E-state index < -0.39 is 29.0 Å². The molecule has 8 heteroatoms. The minimum atomic E-state index is -4.68. The maximum absolute atomic E-state index is 14.0. The van der Waals surface area contributed by atoms with E-state index in [2.05, 4.69) is 11.6 Å². The number of alkyl halides is 3. The van der Waals surface area contributed by atoms with Crippen LogP contribution in [-0.2, 0) is 25.2 Å². The molecular formula is C19H21F4N3O. The van der Waals surface area contributed by atoms with Gasteiger partial charge >= 0.3 is 6.18 Å². The minimum Gasteiger partial charge on any atom is -0.290 e. The quantitative estimate of drug-likeness (QED) is 0.578. The first-order valence-electron chi connectivity index (χ1n) is 8.20. The van der Waals surface area contributed by atoms with Gasteiger partial charge in [0.2, 0.25) is 0 Å². The van der Waals surface area contributed by atoms with E-state index in [1.54, 1.807) is 28.6 Å². The van der Waals surface area contributed by atoms with Crippen LogP contribution in [0.15, 0.2) is 41.9 Å². The molecule has 0 N–H and O–H groups in total. The van der Waals surface area contributed by atoms with Gasteiger partial charge in [-0.2, -0.15) is 18.2 Å². The van der Waals surface area contributed by atoms with Crippen LogP contribution < -0.4 is 5.49 Å². The third-order valence-corrected chi connectivity index (χ3v) is 4.05. The van der Waals surface area contributed by atoms with Crippen molar-refractivity contribution in [3.8, 4) is 0 Å². The topological polar surface area (TPSA) is 39.3 Å². The van der Waals surface area contributed by atoms with Crippen molar-refractivity contribution in [3.63, 3.8) is 0 Å². The summed E-state index contributed by atoms with van der Waals surface area (Å²) in [5.74, 6) is -2.14. The second-order valence-corrected chi connectivity index (χ2v) is 7.14. The lowest BCUT2D eigenvalue weighted by Crippen LogP contribution is -2.25. The first-order valence-corrected chi connectivity index (χ1v) is 8.20. The normalized spacial score (nSPS) is 13.1.